The lowest BCUT2D eigenvalue weighted by atomic mass is 9.81. The van der Waals surface area contributed by atoms with Crippen LogP contribution in [0, 0.1) is 5.92 Å². The molecular weight excluding hydrogens is 158 g/mol. The van der Waals surface area contributed by atoms with E-state index in [2.05, 4.69) is 39.9 Å². The highest BCUT2D eigenvalue weighted by Gasteiger charge is 2.30. The maximum Gasteiger partial charge on any atom is 0.0132 e. The third-order valence-corrected chi connectivity index (χ3v) is 3.03. The van der Waals surface area contributed by atoms with Crippen molar-refractivity contribution in [3.8, 4) is 0 Å². The van der Waals surface area contributed by atoms with Crippen molar-refractivity contribution in [2.45, 2.75) is 71.4 Å². The summed E-state index contributed by atoms with van der Waals surface area (Å²) in [5.74, 6) is 0.874. The molecule has 0 radical (unpaired) electrons. The first-order chi connectivity index (χ1) is 5.81. The van der Waals surface area contributed by atoms with Crippen LogP contribution in [-0.2, 0) is 0 Å². The minimum Gasteiger partial charge on any atom is -0.307 e. The van der Waals surface area contributed by atoms with E-state index in [1.807, 2.05) is 0 Å². The molecule has 0 aliphatic carbocycles. The minimum absolute atomic E-state index is 0.309. The van der Waals surface area contributed by atoms with Crippen molar-refractivity contribution in [3.63, 3.8) is 0 Å². The summed E-state index contributed by atoms with van der Waals surface area (Å²) in [6, 6.07) is 0. The third kappa shape index (κ3) is 3.68. The van der Waals surface area contributed by atoms with Gasteiger partial charge in [-0.25, -0.2) is 0 Å². The molecule has 1 heterocycles. The molecule has 1 aliphatic heterocycles. The minimum atomic E-state index is 0.309. The zero-order valence-electron chi connectivity index (χ0n) is 9.91. The van der Waals surface area contributed by atoms with Crippen molar-refractivity contribution in [3.05, 3.63) is 0 Å². The van der Waals surface area contributed by atoms with E-state index in [-0.39, 0.29) is 0 Å². The summed E-state index contributed by atoms with van der Waals surface area (Å²) in [7, 11) is 0. The first-order valence-corrected chi connectivity index (χ1v) is 5.60. The highest BCUT2D eigenvalue weighted by molar-refractivity contribution is 4.91. The molecule has 1 saturated heterocycles. The Hall–Kier alpha value is -0.0400. The summed E-state index contributed by atoms with van der Waals surface area (Å²) >= 11 is 0. The normalized spacial score (nSPS) is 33.5. The Bertz CT molecular complexity index is 170. The van der Waals surface area contributed by atoms with E-state index in [4.69, 9.17) is 0 Å². The maximum atomic E-state index is 3.76. The van der Waals surface area contributed by atoms with Gasteiger partial charge in [0.2, 0.25) is 0 Å². The van der Waals surface area contributed by atoms with Crippen LogP contribution in [0.2, 0.25) is 0 Å². The molecule has 1 unspecified atom stereocenters. The van der Waals surface area contributed by atoms with Gasteiger partial charge in [0.1, 0.15) is 0 Å². The fourth-order valence-electron chi connectivity index (χ4n) is 2.90. The predicted molar refractivity (Wildman–Crippen MR) is 58.9 cm³/mol. The molecule has 0 aromatic rings. The summed E-state index contributed by atoms with van der Waals surface area (Å²) in [4.78, 5) is 0. The molecule has 0 spiro atoms. The first-order valence-electron chi connectivity index (χ1n) is 5.60. The number of rotatable bonds is 0. The van der Waals surface area contributed by atoms with Crippen molar-refractivity contribution in [2.24, 2.45) is 5.92 Å². The Kier molecular flexibility index (Phi) is 3.06. The standard InChI is InChI=1S/C12H25N/c1-10-7-6-8-11(2,3)13-12(4,5)9-10/h10,13H,6-9H2,1-5H3. The average Bonchev–Trinajstić information content (AvgIpc) is 1.78. The van der Waals surface area contributed by atoms with E-state index < -0.39 is 0 Å². The second kappa shape index (κ2) is 3.61. The molecule has 1 atom stereocenters. The Morgan fingerprint density at radius 2 is 1.69 bits per heavy atom. The molecule has 1 rings (SSSR count). The van der Waals surface area contributed by atoms with Gasteiger partial charge in [-0.3, -0.25) is 0 Å². The molecule has 78 valence electrons. The van der Waals surface area contributed by atoms with Gasteiger partial charge in [0.05, 0.1) is 0 Å². The maximum absolute atomic E-state index is 3.76. The summed E-state index contributed by atoms with van der Waals surface area (Å²) in [5, 5.41) is 3.76. The monoisotopic (exact) mass is 183 g/mol. The average molecular weight is 183 g/mol. The lowest BCUT2D eigenvalue weighted by molar-refractivity contribution is 0.184. The second-order valence-corrected chi connectivity index (χ2v) is 6.09. The highest BCUT2D eigenvalue weighted by Crippen LogP contribution is 2.29. The van der Waals surface area contributed by atoms with Crippen LogP contribution in [0.25, 0.3) is 0 Å². The molecule has 0 aromatic heterocycles. The van der Waals surface area contributed by atoms with Gasteiger partial charge >= 0.3 is 0 Å². The van der Waals surface area contributed by atoms with Crippen LogP contribution in [0.1, 0.15) is 60.3 Å². The van der Waals surface area contributed by atoms with E-state index in [0.717, 1.165) is 5.92 Å². The molecule has 1 aliphatic rings. The quantitative estimate of drug-likeness (QED) is 0.607. The fraction of sp³-hybridized carbons (Fsp3) is 1.00. The highest BCUT2D eigenvalue weighted by atomic mass is 15.0. The zero-order valence-corrected chi connectivity index (χ0v) is 9.91. The van der Waals surface area contributed by atoms with Crippen LogP contribution in [-0.4, -0.2) is 11.1 Å². The Balaban J connectivity index is 2.65. The second-order valence-electron chi connectivity index (χ2n) is 6.09. The lowest BCUT2D eigenvalue weighted by Gasteiger charge is -2.41. The van der Waals surface area contributed by atoms with Crippen LogP contribution in [0.15, 0.2) is 0 Å². The van der Waals surface area contributed by atoms with Crippen LogP contribution in [0.4, 0.5) is 0 Å². The molecular formula is C12H25N. The largest absolute Gasteiger partial charge is 0.307 e. The van der Waals surface area contributed by atoms with Crippen LogP contribution in [0.3, 0.4) is 0 Å². The van der Waals surface area contributed by atoms with Gasteiger partial charge in [-0.1, -0.05) is 19.8 Å². The molecule has 0 amide bonds. The van der Waals surface area contributed by atoms with Gasteiger partial charge in [-0.15, -0.1) is 0 Å². The van der Waals surface area contributed by atoms with Crippen molar-refractivity contribution < 1.29 is 0 Å². The van der Waals surface area contributed by atoms with Gasteiger partial charge < -0.3 is 5.32 Å². The van der Waals surface area contributed by atoms with E-state index in [1.54, 1.807) is 0 Å². The zero-order chi connectivity index (χ0) is 10.1. The van der Waals surface area contributed by atoms with Crippen LogP contribution in [0.5, 0.6) is 0 Å². The van der Waals surface area contributed by atoms with Crippen LogP contribution >= 0.6 is 0 Å². The third-order valence-electron chi connectivity index (χ3n) is 3.03. The Labute approximate surface area is 83.3 Å². The Morgan fingerprint density at radius 3 is 2.31 bits per heavy atom. The fourth-order valence-corrected chi connectivity index (χ4v) is 2.90. The predicted octanol–water partition coefficient (Wildman–Crippen LogP) is 3.34. The topological polar surface area (TPSA) is 12.0 Å². The number of hydrogen-bond donors (Lipinski definition) is 1. The number of nitrogens with one attached hydrogen (secondary N) is 1. The van der Waals surface area contributed by atoms with Crippen molar-refractivity contribution in [1.82, 2.24) is 5.32 Å². The van der Waals surface area contributed by atoms with Gasteiger partial charge in [-0.05, 0) is 46.5 Å². The van der Waals surface area contributed by atoms with Gasteiger partial charge in [0, 0.05) is 11.1 Å². The number of hydrogen-bond acceptors (Lipinski definition) is 1. The molecule has 13 heavy (non-hydrogen) atoms. The molecule has 0 bridgehead atoms. The van der Waals surface area contributed by atoms with E-state index in [1.165, 1.54) is 25.7 Å². The molecule has 1 N–H and O–H groups in total. The summed E-state index contributed by atoms with van der Waals surface area (Å²) in [6.07, 6.45) is 5.38. The summed E-state index contributed by atoms with van der Waals surface area (Å²) < 4.78 is 0. The van der Waals surface area contributed by atoms with Crippen molar-refractivity contribution >= 4 is 0 Å². The van der Waals surface area contributed by atoms with Crippen molar-refractivity contribution in [2.75, 3.05) is 0 Å². The van der Waals surface area contributed by atoms with Gasteiger partial charge in [0.25, 0.3) is 0 Å². The van der Waals surface area contributed by atoms with E-state index in [0.29, 0.717) is 11.1 Å². The summed E-state index contributed by atoms with van der Waals surface area (Å²) in [6.45, 7) is 11.7. The summed E-state index contributed by atoms with van der Waals surface area (Å²) in [5.41, 5.74) is 0.632. The molecule has 1 fully saturated rings. The Morgan fingerprint density at radius 1 is 1.08 bits per heavy atom. The SMILES string of the molecule is CC1CCCC(C)(C)NC(C)(C)C1. The van der Waals surface area contributed by atoms with Crippen LogP contribution < -0.4 is 5.32 Å². The smallest absolute Gasteiger partial charge is 0.0132 e. The van der Waals surface area contributed by atoms with E-state index in [9.17, 15) is 0 Å². The molecule has 0 saturated carbocycles. The first kappa shape index (κ1) is 11.0. The molecule has 0 aromatic carbocycles. The van der Waals surface area contributed by atoms with E-state index >= 15 is 0 Å². The molecule has 1 nitrogen and oxygen atoms in total. The van der Waals surface area contributed by atoms with Crippen molar-refractivity contribution in [1.29, 1.82) is 0 Å². The van der Waals surface area contributed by atoms with Gasteiger partial charge in [-0.2, -0.15) is 0 Å². The molecule has 1 heteroatoms. The van der Waals surface area contributed by atoms with Gasteiger partial charge in [0.15, 0.2) is 0 Å². The lowest BCUT2D eigenvalue weighted by Crippen LogP contribution is -2.53.